The molecule has 2 atom stereocenters. The van der Waals surface area contributed by atoms with Crippen LogP contribution < -0.4 is 25.4 Å². The van der Waals surface area contributed by atoms with Crippen LogP contribution in [0.5, 0.6) is 11.5 Å². The Labute approximate surface area is 147 Å². The van der Waals surface area contributed by atoms with Gasteiger partial charge in [-0.25, -0.2) is 4.79 Å². The van der Waals surface area contributed by atoms with E-state index >= 15 is 0 Å². The van der Waals surface area contributed by atoms with Gasteiger partial charge in [-0.2, -0.15) is 0 Å². The summed E-state index contributed by atoms with van der Waals surface area (Å²) in [5.74, 6) is 1.30. The smallest absolute Gasteiger partial charge is 0.315 e. The summed E-state index contributed by atoms with van der Waals surface area (Å²) in [5, 5.41) is 8.43. The predicted molar refractivity (Wildman–Crippen MR) is 92.6 cm³/mol. The van der Waals surface area contributed by atoms with E-state index in [1.807, 2.05) is 18.2 Å². The van der Waals surface area contributed by atoms with Gasteiger partial charge in [-0.1, -0.05) is 12.5 Å². The maximum atomic E-state index is 12.2. The van der Waals surface area contributed by atoms with Crippen LogP contribution in [0.25, 0.3) is 0 Å². The molecule has 0 aromatic heterocycles. The van der Waals surface area contributed by atoms with E-state index in [9.17, 15) is 9.59 Å². The third-order valence-corrected chi connectivity index (χ3v) is 4.68. The van der Waals surface area contributed by atoms with Gasteiger partial charge in [-0.3, -0.25) is 4.79 Å². The minimum atomic E-state index is -0.257. The van der Waals surface area contributed by atoms with Crippen molar-refractivity contribution in [3.63, 3.8) is 0 Å². The zero-order valence-corrected chi connectivity index (χ0v) is 14.5. The summed E-state index contributed by atoms with van der Waals surface area (Å²) in [6, 6.07) is 5.31. The van der Waals surface area contributed by atoms with Gasteiger partial charge in [0, 0.05) is 26.1 Å². The van der Waals surface area contributed by atoms with Gasteiger partial charge in [-0.05, 0) is 30.5 Å². The highest BCUT2D eigenvalue weighted by Gasteiger charge is 2.33. The molecule has 1 aliphatic carbocycles. The molecule has 1 fully saturated rings. The summed E-state index contributed by atoms with van der Waals surface area (Å²) >= 11 is 0. The molecule has 7 nitrogen and oxygen atoms in total. The Hall–Kier alpha value is -2.44. The van der Waals surface area contributed by atoms with Crippen LogP contribution in [0.4, 0.5) is 4.79 Å². The standard InChI is InChI=1S/C18H25N3O4/c1-19-17(22)13-4-2-5-14(13)21-18(23)20-11-12-6-7-15-16(10-12)25-9-3-8-24-15/h6-7,10,13-14H,2-5,8-9,11H2,1H3,(H,19,22)(H2,20,21,23). The van der Waals surface area contributed by atoms with Crippen molar-refractivity contribution in [2.45, 2.75) is 38.3 Å². The van der Waals surface area contributed by atoms with Crippen LogP contribution >= 0.6 is 0 Å². The summed E-state index contributed by atoms with van der Waals surface area (Å²) in [5.41, 5.74) is 0.939. The Morgan fingerprint density at radius 3 is 2.72 bits per heavy atom. The van der Waals surface area contributed by atoms with Crippen LogP contribution in [0, 0.1) is 5.92 Å². The minimum Gasteiger partial charge on any atom is -0.490 e. The zero-order valence-electron chi connectivity index (χ0n) is 14.5. The van der Waals surface area contributed by atoms with Crippen molar-refractivity contribution in [3.05, 3.63) is 23.8 Å². The van der Waals surface area contributed by atoms with Gasteiger partial charge < -0.3 is 25.4 Å². The average molecular weight is 347 g/mol. The number of nitrogens with one attached hydrogen (secondary N) is 3. The van der Waals surface area contributed by atoms with E-state index in [1.54, 1.807) is 7.05 Å². The fourth-order valence-electron chi connectivity index (χ4n) is 3.35. The average Bonchev–Trinajstić information content (AvgIpc) is 2.95. The van der Waals surface area contributed by atoms with Crippen LogP contribution in [0.3, 0.4) is 0 Å². The third-order valence-electron chi connectivity index (χ3n) is 4.68. The summed E-state index contributed by atoms with van der Waals surface area (Å²) in [6.45, 7) is 1.67. The lowest BCUT2D eigenvalue weighted by Crippen LogP contribution is -2.46. The first-order chi connectivity index (χ1) is 12.2. The van der Waals surface area contributed by atoms with Gasteiger partial charge in [0.15, 0.2) is 11.5 Å². The quantitative estimate of drug-likeness (QED) is 0.771. The highest BCUT2D eigenvalue weighted by atomic mass is 16.5. The van der Waals surface area contributed by atoms with Gasteiger partial charge in [0.25, 0.3) is 0 Å². The Balaban J connectivity index is 1.52. The lowest BCUT2D eigenvalue weighted by molar-refractivity contribution is -0.124. The molecule has 3 amide bonds. The second kappa shape index (κ2) is 8.09. The molecule has 136 valence electrons. The maximum Gasteiger partial charge on any atom is 0.315 e. The molecule has 3 N–H and O–H groups in total. The number of carbonyl (C=O) groups is 2. The van der Waals surface area contributed by atoms with Gasteiger partial charge in [-0.15, -0.1) is 0 Å². The number of hydrogen-bond acceptors (Lipinski definition) is 4. The third kappa shape index (κ3) is 4.35. The van der Waals surface area contributed by atoms with Crippen molar-refractivity contribution in [1.82, 2.24) is 16.0 Å². The number of hydrogen-bond donors (Lipinski definition) is 3. The van der Waals surface area contributed by atoms with E-state index in [-0.39, 0.29) is 23.9 Å². The number of carbonyl (C=O) groups excluding carboxylic acids is 2. The van der Waals surface area contributed by atoms with Crippen LogP contribution in [0.15, 0.2) is 18.2 Å². The van der Waals surface area contributed by atoms with E-state index in [1.165, 1.54) is 0 Å². The molecule has 25 heavy (non-hydrogen) atoms. The van der Waals surface area contributed by atoms with Gasteiger partial charge in [0.2, 0.25) is 5.91 Å². The molecule has 1 aliphatic heterocycles. The lowest BCUT2D eigenvalue weighted by atomic mass is 10.0. The van der Waals surface area contributed by atoms with Crippen LogP contribution in [0.2, 0.25) is 0 Å². The molecule has 1 aromatic carbocycles. The van der Waals surface area contributed by atoms with Crippen molar-refractivity contribution in [2.24, 2.45) is 5.92 Å². The minimum absolute atomic E-state index is 0.00861. The highest BCUT2D eigenvalue weighted by molar-refractivity contribution is 5.81. The molecule has 7 heteroatoms. The number of urea groups is 1. The van der Waals surface area contributed by atoms with E-state index < -0.39 is 0 Å². The Morgan fingerprint density at radius 1 is 1.12 bits per heavy atom. The molecule has 1 heterocycles. The summed E-state index contributed by atoms with van der Waals surface area (Å²) in [7, 11) is 1.63. The Bertz CT molecular complexity index is 635. The zero-order chi connectivity index (χ0) is 17.6. The molecule has 1 aromatic rings. The number of benzene rings is 1. The van der Waals surface area contributed by atoms with Crippen LogP contribution in [-0.2, 0) is 11.3 Å². The summed E-state index contributed by atoms with van der Waals surface area (Å²) < 4.78 is 11.3. The monoisotopic (exact) mass is 347 g/mol. The Morgan fingerprint density at radius 2 is 1.92 bits per heavy atom. The second-order valence-corrected chi connectivity index (χ2v) is 6.42. The molecule has 3 rings (SSSR count). The van der Waals surface area contributed by atoms with Crippen molar-refractivity contribution in [2.75, 3.05) is 20.3 Å². The second-order valence-electron chi connectivity index (χ2n) is 6.42. The molecule has 0 spiro atoms. The largest absolute Gasteiger partial charge is 0.490 e. The molecule has 0 radical (unpaired) electrons. The maximum absolute atomic E-state index is 12.2. The lowest BCUT2D eigenvalue weighted by Gasteiger charge is -2.20. The molecule has 2 aliphatic rings. The number of ether oxygens (including phenoxy) is 2. The first-order valence-electron chi connectivity index (χ1n) is 8.82. The van der Waals surface area contributed by atoms with Crippen molar-refractivity contribution in [1.29, 1.82) is 0 Å². The van der Waals surface area contributed by atoms with E-state index in [2.05, 4.69) is 16.0 Å². The summed E-state index contributed by atoms with van der Waals surface area (Å²) in [6.07, 6.45) is 3.45. The molecule has 0 bridgehead atoms. The fourth-order valence-corrected chi connectivity index (χ4v) is 3.35. The SMILES string of the molecule is CNC(=O)C1CCCC1NC(=O)NCc1ccc2c(c1)OCCCO2. The molecule has 2 unspecified atom stereocenters. The number of amides is 3. The number of rotatable bonds is 4. The van der Waals surface area contributed by atoms with Gasteiger partial charge >= 0.3 is 6.03 Å². The van der Waals surface area contributed by atoms with Crippen molar-refractivity contribution >= 4 is 11.9 Å². The van der Waals surface area contributed by atoms with Crippen LogP contribution in [0.1, 0.15) is 31.2 Å². The van der Waals surface area contributed by atoms with Gasteiger partial charge in [0.05, 0.1) is 19.1 Å². The number of fused-ring (bicyclic) bond motifs is 1. The predicted octanol–water partition coefficient (Wildman–Crippen LogP) is 1.56. The molecule has 1 saturated carbocycles. The van der Waals surface area contributed by atoms with Crippen molar-refractivity contribution < 1.29 is 19.1 Å². The van der Waals surface area contributed by atoms with Crippen LogP contribution in [-0.4, -0.2) is 38.2 Å². The topological polar surface area (TPSA) is 88.7 Å². The normalized spacial score (nSPS) is 22.0. The fraction of sp³-hybridized carbons (Fsp3) is 0.556. The molecule has 0 saturated heterocycles. The molecular weight excluding hydrogens is 322 g/mol. The van der Waals surface area contributed by atoms with E-state index in [4.69, 9.17) is 9.47 Å². The first-order valence-corrected chi connectivity index (χ1v) is 8.82. The first kappa shape index (κ1) is 17.4. The van der Waals surface area contributed by atoms with E-state index in [0.29, 0.717) is 25.5 Å². The Kier molecular flexibility index (Phi) is 5.63. The van der Waals surface area contributed by atoms with E-state index in [0.717, 1.165) is 37.0 Å². The highest BCUT2D eigenvalue weighted by Crippen LogP contribution is 2.30. The van der Waals surface area contributed by atoms with Gasteiger partial charge in [0.1, 0.15) is 0 Å². The molecular formula is C18H25N3O4. The van der Waals surface area contributed by atoms with Crippen molar-refractivity contribution in [3.8, 4) is 11.5 Å². The summed E-state index contributed by atoms with van der Waals surface area (Å²) in [4.78, 5) is 24.0.